The SMILES string of the molecule is COCCn1ccc(NC(=O)C(=O)N[C@H](c2ccc(Cl)cc2)C2CC2)n1. The smallest absolute Gasteiger partial charge is 0.314 e. The molecule has 1 aromatic carbocycles. The van der Waals surface area contributed by atoms with Gasteiger partial charge in [-0.15, -0.1) is 0 Å². The van der Waals surface area contributed by atoms with Crippen LogP contribution in [0.3, 0.4) is 0 Å². The molecule has 1 saturated carbocycles. The lowest BCUT2D eigenvalue weighted by Crippen LogP contribution is -2.38. The summed E-state index contributed by atoms with van der Waals surface area (Å²) in [5, 5.41) is 10.2. The number of carbonyl (C=O) groups is 2. The Morgan fingerprint density at radius 1 is 1.27 bits per heavy atom. The van der Waals surface area contributed by atoms with Gasteiger partial charge in [0.15, 0.2) is 5.82 Å². The Hall–Kier alpha value is -2.38. The maximum absolute atomic E-state index is 12.3. The van der Waals surface area contributed by atoms with Crippen molar-refractivity contribution < 1.29 is 14.3 Å². The quantitative estimate of drug-likeness (QED) is 0.726. The van der Waals surface area contributed by atoms with E-state index >= 15 is 0 Å². The minimum atomic E-state index is -0.735. The Morgan fingerprint density at radius 3 is 2.65 bits per heavy atom. The van der Waals surface area contributed by atoms with E-state index in [0.717, 1.165) is 18.4 Å². The molecule has 0 spiro atoms. The summed E-state index contributed by atoms with van der Waals surface area (Å²) in [5.41, 5.74) is 0.946. The average Bonchev–Trinajstić information content (AvgIpc) is 3.38. The highest BCUT2D eigenvalue weighted by atomic mass is 35.5. The third-order valence-corrected chi connectivity index (χ3v) is 4.47. The van der Waals surface area contributed by atoms with Gasteiger partial charge in [0.1, 0.15) is 0 Å². The molecule has 8 heteroatoms. The van der Waals surface area contributed by atoms with Crippen LogP contribution in [0.1, 0.15) is 24.4 Å². The van der Waals surface area contributed by atoms with Crippen molar-refractivity contribution in [1.29, 1.82) is 0 Å². The number of aromatic nitrogens is 2. The molecule has 2 amide bonds. The maximum Gasteiger partial charge on any atom is 0.314 e. The number of hydrogen-bond donors (Lipinski definition) is 2. The third kappa shape index (κ3) is 4.83. The molecule has 0 aliphatic heterocycles. The van der Waals surface area contributed by atoms with Crippen molar-refractivity contribution in [2.45, 2.75) is 25.4 Å². The topological polar surface area (TPSA) is 85.2 Å². The number of anilines is 1. The van der Waals surface area contributed by atoms with Crippen LogP contribution >= 0.6 is 11.6 Å². The van der Waals surface area contributed by atoms with Gasteiger partial charge in [-0.25, -0.2) is 0 Å². The zero-order valence-electron chi connectivity index (χ0n) is 14.4. The first-order chi connectivity index (χ1) is 12.6. The zero-order valence-corrected chi connectivity index (χ0v) is 15.2. The zero-order chi connectivity index (χ0) is 18.5. The second-order valence-electron chi connectivity index (χ2n) is 6.25. The monoisotopic (exact) mass is 376 g/mol. The summed E-state index contributed by atoms with van der Waals surface area (Å²) in [5.74, 6) is -0.734. The fraction of sp³-hybridized carbons (Fsp3) is 0.389. The average molecular weight is 377 g/mol. The van der Waals surface area contributed by atoms with Gasteiger partial charge in [-0.05, 0) is 36.5 Å². The Bertz CT molecular complexity index is 771. The molecule has 1 fully saturated rings. The number of nitrogens with one attached hydrogen (secondary N) is 2. The summed E-state index contributed by atoms with van der Waals surface area (Å²) >= 11 is 5.92. The van der Waals surface area contributed by atoms with Gasteiger partial charge in [0.2, 0.25) is 0 Å². The van der Waals surface area contributed by atoms with Gasteiger partial charge in [0, 0.05) is 24.4 Å². The molecule has 1 atom stereocenters. The minimum Gasteiger partial charge on any atom is -0.383 e. The molecule has 26 heavy (non-hydrogen) atoms. The van der Waals surface area contributed by atoms with Crippen LogP contribution in [0.25, 0.3) is 0 Å². The second-order valence-corrected chi connectivity index (χ2v) is 6.69. The molecule has 1 aliphatic rings. The fourth-order valence-corrected chi connectivity index (χ4v) is 2.82. The van der Waals surface area contributed by atoms with E-state index in [1.165, 1.54) is 0 Å². The van der Waals surface area contributed by atoms with Crippen molar-refractivity contribution >= 4 is 29.2 Å². The summed E-state index contributed by atoms with van der Waals surface area (Å²) in [4.78, 5) is 24.5. The van der Waals surface area contributed by atoms with Gasteiger partial charge in [0.05, 0.1) is 19.2 Å². The molecule has 1 aliphatic carbocycles. The second kappa shape index (κ2) is 8.33. The summed E-state index contributed by atoms with van der Waals surface area (Å²) in [6, 6.07) is 8.77. The number of nitrogens with zero attached hydrogens (tertiary/aromatic N) is 2. The van der Waals surface area contributed by atoms with Crippen LogP contribution in [0.4, 0.5) is 5.82 Å². The first-order valence-corrected chi connectivity index (χ1v) is 8.84. The molecule has 2 N–H and O–H groups in total. The molecule has 2 aromatic rings. The predicted octanol–water partition coefficient (Wildman–Crippen LogP) is 2.39. The Labute approximate surface area is 156 Å². The molecule has 0 bridgehead atoms. The van der Waals surface area contributed by atoms with E-state index in [0.29, 0.717) is 29.9 Å². The van der Waals surface area contributed by atoms with Crippen LogP contribution in [-0.2, 0) is 20.9 Å². The minimum absolute atomic E-state index is 0.190. The fourth-order valence-electron chi connectivity index (χ4n) is 2.69. The lowest BCUT2D eigenvalue weighted by molar-refractivity contribution is -0.136. The molecular weight excluding hydrogens is 356 g/mol. The van der Waals surface area contributed by atoms with Crippen molar-refractivity contribution in [2.75, 3.05) is 19.0 Å². The van der Waals surface area contributed by atoms with Crippen molar-refractivity contribution in [3.05, 3.63) is 47.1 Å². The van der Waals surface area contributed by atoms with Crippen molar-refractivity contribution in [1.82, 2.24) is 15.1 Å². The molecule has 3 rings (SSSR count). The first kappa shape index (κ1) is 18.4. The first-order valence-electron chi connectivity index (χ1n) is 8.46. The molecule has 1 aromatic heterocycles. The third-order valence-electron chi connectivity index (χ3n) is 4.22. The molecule has 0 saturated heterocycles. The number of halogens is 1. The van der Waals surface area contributed by atoms with Crippen LogP contribution < -0.4 is 10.6 Å². The lowest BCUT2D eigenvalue weighted by Gasteiger charge is -2.18. The van der Waals surface area contributed by atoms with E-state index in [-0.39, 0.29) is 6.04 Å². The Balaban J connectivity index is 1.59. The normalized spacial score (nSPS) is 14.7. The molecule has 138 valence electrons. The number of ether oxygens (including phenoxy) is 1. The summed E-state index contributed by atoms with van der Waals surface area (Å²) in [6.07, 6.45) is 3.77. The molecule has 0 radical (unpaired) electrons. The summed E-state index contributed by atoms with van der Waals surface area (Å²) in [6.45, 7) is 1.08. The standard InChI is InChI=1S/C18H21ClN4O3/c1-26-11-10-23-9-8-15(22-23)20-17(24)18(25)21-16(12-2-3-12)13-4-6-14(19)7-5-13/h4-9,12,16H,2-3,10-11H2,1H3,(H,21,25)(H,20,22,24)/t16-/m0/s1. The lowest BCUT2D eigenvalue weighted by atomic mass is 10.0. The number of amides is 2. The summed E-state index contributed by atoms with van der Waals surface area (Å²) in [7, 11) is 1.60. The summed E-state index contributed by atoms with van der Waals surface area (Å²) < 4.78 is 6.61. The van der Waals surface area contributed by atoms with E-state index in [1.807, 2.05) is 12.1 Å². The van der Waals surface area contributed by atoms with Gasteiger partial charge in [0.25, 0.3) is 0 Å². The van der Waals surface area contributed by atoms with Crippen LogP contribution in [-0.4, -0.2) is 35.3 Å². The highest BCUT2D eigenvalue weighted by Crippen LogP contribution is 2.41. The van der Waals surface area contributed by atoms with E-state index in [2.05, 4.69) is 15.7 Å². The Kier molecular flexibility index (Phi) is 5.90. The number of benzene rings is 1. The van der Waals surface area contributed by atoms with Gasteiger partial charge >= 0.3 is 11.8 Å². The van der Waals surface area contributed by atoms with E-state index in [9.17, 15) is 9.59 Å². The van der Waals surface area contributed by atoms with Crippen molar-refractivity contribution in [2.24, 2.45) is 5.92 Å². The number of rotatable bonds is 7. The largest absolute Gasteiger partial charge is 0.383 e. The van der Waals surface area contributed by atoms with Crippen LogP contribution in [0.5, 0.6) is 0 Å². The highest BCUT2D eigenvalue weighted by Gasteiger charge is 2.34. The van der Waals surface area contributed by atoms with Crippen molar-refractivity contribution in [3.63, 3.8) is 0 Å². The van der Waals surface area contributed by atoms with E-state index < -0.39 is 11.8 Å². The maximum atomic E-state index is 12.3. The number of hydrogen-bond acceptors (Lipinski definition) is 4. The predicted molar refractivity (Wildman–Crippen MR) is 97.8 cm³/mol. The van der Waals surface area contributed by atoms with Gasteiger partial charge in [-0.2, -0.15) is 5.10 Å². The van der Waals surface area contributed by atoms with E-state index in [4.69, 9.17) is 16.3 Å². The molecule has 7 nitrogen and oxygen atoms in total. The van der Waals surface area contributed by atoms with Gasteiger partial charge in [-0.3, -0.25) is 14.3 Å². The van der Waals surface area contributed by atoms with Gasteiger partial charge in [-0.1, -0.05) is 23.7 Å². The van der Waals surface area contributed by atoms with Gasteiger partial charge < -0.3 is 15.4 Å². The van der Waals surface area contributed by atoms with Crippen LogP contribution in [0.15, 0.2) is 36.5 Å². The highest BCUT2D eigenvalue weighted by molar-refractivity contribution is 6.39. The number of methoxy groups -OCH3 is 1. The number of carbonyl (C=O) groups excluding carboxylic acids is 2. The molecule has 1 heterocycles. The van der Waals surface area contributed by atoms with Crippen LogP contribution in [0.2, 0.25) is 5.02 Å². The van der Waals surface area contributed by atoms with Crippen LogP contribution in [0, 0.1) is 5.92 Å². The van der Waals surface area contributed by atoms with E-state index in [1.54, 1.807) is 36.2 Å². The van der Waals surface area contributed by atoms with Crippen molar-refractivity contribution in [3.8, 4) is 0 Å². The Morgan fingerprint density at radius 2 is 2.00 bits per heavy atom. The molecular formula is C18H21ClN4O3. The molecule has 0 unspecified atom stereocenters.